The third kappa shape index (κ3) is 6.66. The molecular weight excluding hydrogens is 689 g/mol. The third-order valence-corrected chi connectivity index (χ3v) is 11.9. The number of halogens is 2. The first kappa shape index (κ1) is 35.0. The number of aromatic nitrogens is 3. The van der Waals surface area contributed by atoms with Crippen molar-refractivity contribution in [1.29, 1.82) is 0 Å². The highest BCUT2D eigenvalue weighted by atomic mass is 32.2. The summed E-state index contributed by atoms with van der Waals surface area (Å²) in [7, 11) is -1.73. The number of methoxy groups -OCH3 is 2. The third-order valence-electron chi connectivity index (χ3n) is 8.79. The molecule has 0 saturated carbocycles. The Kier molecular flexibility index (Phi) is 9.89. The smallest absolute Gasteiger partial charge is 0.321 e. The van der Waals surface area contributed by atoms with Gasteiger partial charge in [-0.15, -0.1) is 0 Å². The first-order chi connectivity index (χ1) is 23.9. The van der Waals surface area contributed by atoms with Crippen molar-refractivity contribution in [1.82, 2.24) is 19.9 Å². The van der Waals surface area contributed by atoms with Gasteiger partial charge < -0.3 is 19.7 Å². The van der Waals surface area contributed by atoms with Crippen LogP contribution in [0.25, 0.3) is 10.3 Å². The molecule has 3 heterocycles. The minimum Gasteiger partial charge on any atom is -0.497 e. The van der Waals surface area contributed by atoms with E-state index in [0.29, 0.717) is 37.2 Å². The molecule has 2 unspecified atom stereocenters. The Bertz CT molecular complexity index is 2180. The normalized spacial score (nSPS) is 15.6. The van der Waals surface area contributed by atoms with Gasteiger partial charge in [0.25, 0.3) is 5.56 Å². The quantitative estimate of drug-likeness (QED) is 0.186. The molecule has 11 nitrogen and oxygen atoms in total. The van der Waals surface area contributed by atoms with E-state index >= 15 is 8.78 Å². The number of carbonyl (C=O) groups excluding carboxylic acids is 1. The fraction of sp³-hybridized carbons (Fsp3) is 0.314. The molecule has 0 spiro atoms. The molecule has 1 amide bonds. The number of hydrogen-bond donors (Lipinski definition) is 1. The van der Waals surface area contributed by atoms with Gasteiger partial charge >= 0.3 is 5.92 Å². The molecule has 5 aromatic rings. The van der Waals surface area contributed by atoms with E-state index < -0.39 is 45.0 Å². The summed E-state index contributed by atoms with van der Waals surface area (Å²) in [4.78, 5) is 37.6. The monoisotopic (exact) mass is 723 g/mol. The average Bonchev–Trinajstić information content (AvgIpc) is 3.80. The molecule has 2 aromatic heterocycles. The van der Waals surface area contributed by atoms with Crippen LogP contribution in [0.5, 0.6) is 11.5 Å². The number of nitrogens with one attached hydrogen (secondary N) is 1. The Morgan fingerprint density at radius 1 is 1.04 bits per heavy atom. The van der Waals surface area contributed by atoms with Crippen molar-refractivity contribution in [3.63, 3.8) is 0 Å². The van der Waals surface area contributed by atoms with Crippen molar-refractivity contribution in [2.24, 2.45) is 0 Å². The van der Waals surface area contributed by atoms with Crippen molar-refractivity contribution in [2.75, 3.05) is 25.7 Å². The summed E-state index contributed by atoms with van der Waals surface area (Å²) in [5, 5.41) is 0.930. The van der Waals surface area contributed by atoms with Crippen LogP contribution in [0, 0.1) is 0 Å². The molecule has 1 N–H and O–H groups in total. The number of amides is 1. The minimum absolute atomic E-state index is 0.0997. The molecular formula is C35H35F2N5O6S2. The van der Waals surface area contributed by atoms with Crippen molar-refractivity contribution in [3.8, 4) is 11.5 Å². The number of fused-ring (bicyclic) bond motifs is 1. The molecule has 50 heavy (non-hydrogen) atoms. The lowest BCUT2D eigenvalue weighted by molar-refractivity contribution is -0.122. The van der Waals surface area contributed by atoms with Crippen molar-refractivity contribution >= 4 is 42.6 Å². The Morgan fingerprint density at radius 3 is 2.42 bits per heavy atom. The number of anilines is 1. The molecule has 1 fully saturated rings. The minimum atomic E-state index is -4.58. The van der Waals surface area contributed by atoms with Gasteiger partial charge in [0.15, 0.2) is 31.1 Å². The van der Waals surface area contributed by atoms with E-state index in [1.807, 2.05) is 30.3 Å². The average molecular weight is 724 g/mol. The van der Waals surface area contributed by atoms with Crippen LogP contribution in [-0.2, 0) is 33.6 Å². The largest absolute Gasteiger partial charge is 0.497 e. The molecule has 15 heteroatoms. The molecule has 1 saturated heterocycles. The molecule has 0 bridgehead atoms. The fourth-order valence-corrected chi connectivity index (χ4v) is 8.38. The summed E-state index contributed by atoms with van der Waals surface area (Å²) in [6.07, 6.45) is 1.20. The highest BCUT2D eigenvalue weighted by molar-refractivity contribution is 7.92. The van der Waals surface area contributed by atoms with E-state index in [9.17, 15) is 18.0 Å². The molecule has 1 aliphatic heterocycles. The number of ether oxygens (including phenoxy) is 2. The molecule has 1 aliphatic rings. The Morgan fingerprint density at radius 2 is 1.74 bits per heavy atom. The van der Waals surface area contributed by atoms with Gasteiger partial charge in [0, 0.05) is 24.7 Å². The standard InChI is InChI=1S/C35H35F2N5O6S2/c1-22(50(45,46)26-13-8-5-9-14-26)35(36,37)33-40-31-29(32(44)42(33)21-24-16-17-25(47-2)19-28(24)48-3)39-34(49-31)41-18-10-15-27(41)30(43)38-20-23-11-6-4-7-12-23/h4-9,11-14,16-17,19,22,27H,10,15,18,20-21H2,1-3H3,(H,38,43). The summed E-state index contributed by atoms with van der Waals surface area (Å²) < 4.78 is 71.8. The van der Waals surface area contributed by atoms with E-state index in [1.165, 1.54) is 38.5 Å². The van der Waals surface area contributed by atoms with Gasteiger partial charge in [0.1, 0.15) is 22.8 Å². The van der Waals surface area contributed by atoms with Gasteiger partial charge in [-0.2, -0.15) is 8.78 Å². The van der Waals surface area contributed by atoms with E-state index in [1.54, 1.807) is 29.2 Å². The van der Waals surface area contributed by atoms with Gasteiger partial charge in [-0.1, -0.05) is 59.9 Å². The van der Waals surface area contributed by atoms with E-state index in [4.69, 9.17) is 9.47 Å². The Hall–Kier alpha value is -4.89. The molecule has 6 rings (SSSR count). The predicted molar refractivity (Wildman–Crippen MR) is 186 cm³/mol. The second-order valence-corrected chi connectivity index (χ2v) is 15.1. The summed E-state index contributed by atoms with van der Waals surface area (Å²) in [5.74, 6) is -4.70. The second-order valence-electron chi connectivity index (χ2n) is 11.8. The summed E-state index contributed by atoms with van der Waals surface area (Å²) in [6.45, 7) is 1.25. The van der Waals surface area contributed by atoms with Crippen molar-refractivity contribution in [2.45, 2.75) is 55.0 Å². The maximum Gasteiger partial charge on any atom is 0.321 e. The summed E-state index contributed by atoms with van der Waals surface area (Å²) >= 11 is 0.904. The van der Waals surface area contributed by atoms with Gasteiger partial charge in [0.05, 0.1) is 25.7 Å². The molecule has 0 radical (unpaired) electrons. The Balaban J connectivity index is 1.43. The highest BCUT2D eigenvalue weighted by Crippen LogP contribution is 2.39. The molecule has 0 aliphatic carbocycles. The number of thiazole rings is 1. The number of rotatable bonds is 12. The van der Waals surface area contributed by atoms with E-state index in [0.717, 1.165) is 28.4 Å². The van der Waals surface area contributed by atoms with Crippen LogP contribution in [0.3, 0.4) is 0 Å². The fourth-order valence-electron chi connectivity index (χ4n) is 5.94. The van der Waals surface area contributed by atoms with Crippen molar-refractivity contribution in [3.05, 3.63) is 106 Å². The van der Waals surface area contributed by atoms with Crippen LogP contribution in [0.15, 0.2) is 88.6 Å². The summed E-state index contributed by atoms with van der Waals surface area (Å²) in [6, 6.07) is 20.5. The van der Waals surface area contributed by atoms with Gasteiger partial charge in [-0.25, -0.2) is 18.4 Å². The zero-order valence-electron chi connectivity index (χ0n) is 27.5. The number of hydrogen-bond acceptors (Lipinski definition) is 10. The SMILES string of the molecule is COc1ccc(Cn2c(C(F)(F)C(C)S(=O)(=O)c3ccccc3)nc3sc(N4CCCC4C(=O)NCc4ccccc4)nc3c2=O)c(OC)c1. The van der Waals surface area contributed by atoms with Gasteiger partial charge in [0.2, 0.25) is 5.91 Å². The first-order valence-corrected chi connectivity index (χ1v) is 18.2. The zero-order valence-corrected chi connectivity index (χ0v) is 29.1. The topological polar surface area (TPSA) is 133 Å². The Labute approximate surface area is 291 Å². The molecule has 3 aromatic carbocycles. The van der Waals surface area contributed by atoms with Gasteiger partial charge in [-0.3, -0.25) is 14.2 Å². The maximum absolute atomic E-state index is 16.7. The number of sulfone groups is 1. The zero-order chi connectivity index (χ0) is 35.6. The summed E-state index contributed by atoms with van der Waals surface area (Å²) in [5.41, 5.74) is 0.211. The second kappa shape index (κ2) is 14.2. The van der Waals surface area contributed by atoms with Crippen molar-refractivity contribution < 1.29 is 31.5 Å². The molecule has 262 valence electrons. The van der Waals surface area contributed by atoms with Crippen LogP contribution in [0.1, 0.15) is 36.7 Å². The predicted octanol–water partition coefficient (Wildman–Crippen LogP) is 5.16. The maximum atomic E-state index is 16.7. The first-order valence-electron chi connectivity index (χ1n) is 15.8. The number of benzene rings is 3. The van der Waals surface area contributed by atoms with Crippen LogP contribution in [0.2, 0.25) is 0 Å². The number of nitrogens with zero attached hydrogens (tertiary/aromatic N) is 4. The van der Waals surface area contributed by atoms with Crippen LogP contribution in [-0.4, -0.2) is 60.9 Å². The lowest BCUT2D eigenvalue weighted by atomic mass is 10.1. The van der Waals surface area contributed by atoms with E-state index in [2.05, 4.69) is 15.3 Å². The highest BCUT2D eigenvalue weighted by Gasteiger charge is 2.50. The van der Waals surface area contributed by atoms with Gasteiger partial charge in [-0.05, 0) is 49.6 Å². The molecule has 2 atom stereocenters. The van der Waals surface area contributed by atoms with Crippen LogP contribution < -0.4 is 25.2 Å². The van der Waals surface area contributed by atoms with E-state index in [-0.39, 0.29) is 32.0 Å². The van der Waals surface area contributed by atoms with Crippen LogP contribution >= 0.6 is 11.3 Å². The lowest BCUT2D eigenvalue weighted by Crippen LogP contribution is -2.43. The number of carbonyl (C=O) groups is 1. The number of alkyl halides is 2. The lowest BCUT2D eigenvalue weighted by Gasteiger charge is -2.26. The van der Waals surface area contributed by atoms with Crippen LogP contribution in [0.4, 0.5) is 13.9 Å².